The van der Waals surface area contributed by atoms with Gasteiger partial charge in [-0.3, -0.25) is 9.78 Å². The molecule has 1 amide bonds. The van der Waals surface area contributed by atoms with E-state index in [0.717, 1.165) is 23.4 Å². The van der Waals surface area contributed by atoms with Crippen molar-refractivity contribution in [2.45, 2.75) is 50.9 Å². The first-order valence-corrected chi connectivity index (χ1v) is 11.2. The zero-order valence-corrected chi connectivity index (χ0v) is 19.8. The van der Waals surface area contributed by atoms with Crippen LogP contribution in [-0.4, -0.2) is 22.5 Å². The minimum absolute atomic E-state index is 0.0346. The highest BCUT2D eigenvalue weighted by Crippen LogP contribution is 2.32. The largest absolute Gasteiger partial charge is 0.478 e. The number of hydrogen-bond donors (Lipinski definition) is 1. The highest BCUT2D eigenvalue weighted by molar-refractivity contribution is 6.30. The molecule has 1 aromatic heterocycles. The molecule has 34 heavy (non-hydrogen) atoms. The number of hydrogen-bond acceptors (Lipinski definition) is 3. The van der Waals surface area contributed by atoms with Crippen molar-refractivity contribution in [2.24, 2.45) is 0 Å². The monoisotopic (exact) mass is 490 g/mol. The zero-order chi connectivity index (χ0) is 24.9. The molecule has 0 aliphatic rings. The van der Waals surface area contributed by atoms with Crippen molar-refractivity contribution >= 4 is 17.5 Å². The molecule has 0 fully saturated rings. The normalized spacial score (nSPS) is 13.7. The lowest BCUT2D eigenvalue weighted by atomic mass is 9.87. The number of rotatable bonds is 8. The Kier molecular flexibility index (Phi) is 7.87. The van der Waals surface area contributed by atoms with Gasteiger partial charge in [0.15, 0.2) is 5.60 Å². The molecule has 8 heteroatoms. The first kappa shape index (κ1) is 25.6. The second-order valence-electron chi connectivity index (χ2n) is 8.59. The fraction of sp³-hybridized carbons (Fsp3) is 0.308. The quantitative estimate of drug-likeness (QED) is 0.395. The number of aromatic nitrogens is 1. The number of nitrogens with one attached hydrogen (secondary N) is 1. The number of nitrogens with zero attached hydrogens (tertiary/aromatic N) is 1. The fourth-order valence-electron chi connectivity index (χ4n) is 3.59. The van der Waals surface area contributed by atoms with E-state index in [0.29, 0.717) is 11.4 Å². The van der Waals surface area contributed by atoms with E-state index >= 15 is 0 Å². The van der Waals surface area contributed by atoms with E-state index in [-0.39, 0.29) is 17.7 Å². The summed E-state index contributed by atoms with van der Waals surface area (Å²) in [6.07, 6.45) is -2.37. The third-order valence-corrected chi connectivity index (χ3v) is 5.71. The van der Waals surface area contributed by atoms with Gasteiger partial charge in [-0.25, -0.2) is 0 Å². The molecule has 0 radical (unpaired) electrons. The molecule has 0 saturated carbocycles. The molecule has 2 aromatic carbocycles. The molecular formula is C26H26ClF3N2O2. The van der Waals surface area contributed by atoms with Crippen molar-refractivity contribution in [3.05, 3.63) is 94.8 Å². The Morgan fingerprint density at radius 3 is 2.38 bits per heavy atom. The number of carbonyl (C=O) groups excluding carboxylic acids is 1. The molecule has 3 aromatic rings. The molecule has 0 bridgehead atoms. The maximum absolute atomic E-state index is 13.1. The van der Waals surface area contributed by atoms with Crippen molar-refractivity contribution in [3.63, 3.8) is 0 Å². The Morgan fingerprint density at radius 1 is 1.06 bits per heavy atom. The number of pyridine rings is 1. The van der Waals surface area contributed by atoms with E-state index in [1.807, 2.05) is 43.3 Å². The van der Waals surface area contributed by atoms with Crippen LogP contribution in [0.3, 0.4) is 0 Å². The highest BCUT2D eigenvalue weighted by atomic mass is 35.5. The van der Waals surface area contributed by atoms with Gasteiger partial charge in [-0.15, -0.1) is 0 Å². The number of carbonyl (C=O) groups is 1. The number of alkyl halides is 3. The Morgan fingerprint density at radius 2 is 1.76 bits per heavy atom. The molecule has 1 N–H and O–H groups in total. The van der Waals surface area contributed by atoms with Crippen molar-refractivity contribution in [3.8, 4) is 5.75 Å². The minimum Gasteiger partial charge on any atom is -0.478 e. The maximum atomic E-state index is 13.1. The predicted octanol–water partition coefficient (Wildman–Crippen LogP) is 6.44. The molecule has 2 atom stereocenters. The van der Waals surface area contributed by atoms with Crippen LogP contribution in [0.15, 0.2) is 72.9 Å². The lowest BCUT2D eigenvalue weighted by Crippen LogP contribution is -2.51. The second kappa shape index (κ2) is 10.5. The van der Waals surface area contributed by atoms with Gasteiger partial charge in [0, 0.05) is 23.9 Å². The van der Waals surface area contributed by atoms with Crippen LogP contribution in [0.1, 0.15) is 43.5 Å². The standard InChI is InChI=1S/C26H26ClF3N2O2/c1-17(23(18-8-5-4-6-9-18)15-21-13-12-20(27)16-31-21)32-24(33)25(2,3)34-22-11-7-10-19(14-22)26(28,29)30/h4-14,16-17,23H,15H2,1-3H3,(H,32,33)/t17-,23+/m0/s1. The average Bonchev–Trinajstić information content (AvgIpc) is 2.78. The second-order valence-corrected chi connectivity index (χ2v) is 9.03. The van der Waals surface area contributed by atoms with Gasteiger partial charge in [0.2, 0.25) is 0 Å². The van der Waals surface area contributed by atoms with Gasteiger partial charge < -0.3 is 10.1 Å². The summed E-state index contributed by atoms with van der Waals surface area (Å²) >= 11 is 5.95. The van der Waals surface area contributed by atoms with Gasteiger partial charge in [-0.05, 0) is 63.1 Å². The van der Waals surface area contributed by atoms with Gasteiger partial charge >= 0.3 is 6.18 Å². The minimum atomic E-state index is -4.50. The number of amides is 1. The number of halogens is 4. The van der Waals surface area contributed by atoms with Gasteiger partial charge in [-0.1, -0.05) is 48.0 Å². The molecule has 180 valence electrons. The van der Waals surface area contributed by atoms with Crippen LogP contribution in [0.4, 0.5) is 13.2 Å². The number of benzene rings is 2. The first-order valence-electron chi connectivity index (χ1n) is 10.8. The van der Waals surface area contributed by atoms with Crippen LogP contribution in [0.5, 0.6) is 5.75 Å². The molecule has 0 aliphatic heterocycles. The third-order valence-electron chi connectivity index (χ3n) is 5.49. The SMILES string of the molecule is C[C@H](NC(=O)C(C)(C)Oc1cccc(C(F)(F)F)c1)[C@@H](Cc1ccc(Cl)cn1)c1ccccc1. The molecule has 4 nitrogen and oxygen atoms in total. The summed E-state index contributed by atoms with van der Waals surface area (Å²) in [7, 11) is 0. The van der Waals surface area contributed by atoms with Gasteiger partial charge in [0.05, 0.1) is 10.6 Å². The fourth-order valence-corrected chi connectivity index (χ4v) is 3.71. The van der Waals surface area contributed by atoms with Gasteiger partial charge in [0.25, 0.3) is 5.91 Å². The summed E-state index contributed by atoms with van der Waals surface area (Å²) in [6.45, 7) is 4.92. The van der Waals surface area contributed by atoms with Crippen molar-refractivity contribution in [1.82, 2.24) is 10.3 Å². The van der Waals surface area contributed by atoms with Crippen LogP contribution >= 0.6 is 11.6 Å². The summed E-state index contributed by atoms with van der Waals surface area (Å²) in [5.74, 6) is -0.585. The Hall–Kier alpha value is -3.06. The Bertz CT molecular complexity index is 1100. The predicted molar refractivity (Wildman–Crippen MR) is 126 cm³/mol. The van der Waals surface area contributed by atoms with E-state index < -0.39 is 23.2 Å². The van der Waals surface area contributed by atoms with Crippen LogP contribution in [0, 0.1) is 0 Å². The molecule has 0 aliphatic carbocycles. The highest BCUT2D eigenvalue weighted by Gasteiger charge is 2.35. The van der Waals surface area contributed by atoms with Crippen LogP contribution in [0.25, 0.3) is 0 Å². The lowest BCUT2D eigenvalue weighted by molar-refractivity contribution is -0.138. The van der Waals surface area contributed by atoms with Gasteiger partial charge in [-0.2, -0.15) is 13.2 Å². The average molecular weight is 491 g/mol. The molecule has 1 heterocycles. The van der Waals surface area contributed by atoms with Crippen molar-refractivity contribution in [1.29, 1.82) is 0 Å². The molecular weight excluding hydrogens is 465 g/mol. The van der Waals surface area contributed by atoms with Crippen molar-refractivity contribution in [2.75, 3.05) is 0 Å². The van der Waals surface area contributed by atoms with Crippen molar-refractivity contribution < 1.29 is 22.7 Å². The Labute approximate surface area is 202 Å². The smallest absolute Gasteiger partial charge is 0.416 e. The van der Waals surface area contributed by atoms with E-state index in [9.17, 15) is 18.0 Å². The lowest BCUT2D eigenvalue weighted by Gasteiger charge is -2.31. The zero-order valence-electron chi connectivity index (χ0n) is 19.1. The maximum Gasteiger partial charge on any atom is 0.416 e. The topological polar surface area (TPSA) is 51.2 Å². The summed E-state index contributed by atoms with van der Waals surface area (Å²) in [4.78, 5) is 17.5. The van der Waals surface area contributed by atoms with E-state index in [2.05, 4.69) is 10.3 Å². The number of ether oxygens (including phenoxy) is 1. The van der Waals surface area contributed by atoms with E-state index in [1.165, 1.54) is 26.0 Å². The summed E-state index contributed by atoms with van der Waals surface area (Å²) in [6, 6.07) is 17.5. The van der Waals surface area contributed by atoms with E-state index in [4.69, 9.17) is 16.3 Å². The first-order chi connectivity index (χ1) is 16.0. The van der Waals surface area contributed by atoms with Crippen LogP contribution in [0.2, 0.25) is 5.02 Å². The summed E-state index contributed by atoms with van der Waals surface area (Å²) in [5.41, 5.74) is -0.408. The summed E-state index contributed by atoms with van der Waals surface area (Å²) < 4.78 is 44.8. The molecule has 0 saturated heterocycles. The third kappa shape index (κ3) is 6.73. The molecule has 0 unspecified atom stereocenters. The molecule has 0 spiro atoms. The van der Waals surface area contributed by atoms with Gasteiger partial charge in [0.1, 0.15) is 5.75 Å². The van der Waals surface area contributed by atoms with E-state index in [1.54, 1.807) is 12.3 Å². The van der Waals surface area contributed by atoms with Crippen LogP contribution < -0.4 is 10.1 Å². The Balaban J connectivity index is 1.76. The molecule has 3 rings (SSSR count). The summed E-state index contributed by atoms with van der Waals surface area (Å²) in [5, 5.41) is 3.51. The van der Waals surface area contributed by atoms with Crippen LogP contribution in [-0.2, 0) is 17.4 Å².